The molecule has 0 saturated heterocycles. The van der Waals surface area contributed by atoms with Gasteiger partial charge in [-0.3, -0.25) is 0 Å². The van der Waals surface area contributed by atoms with E-state index in [-0.39, 0.29) is 6.92 Å². The van der Waals surface area contributed by atoms with Gasteiger partial charge in [0.1, 0.15) is 16.9 Å². The molecule has 5 aromatic carbocycles. The lowest BCUT2D eigenvalue weighted by Crippen LogP contribution is -2.52. The second-order valence-corrected chi connectivity index (χ2v) is 10.3. The van der Waals surface area contributed by atoms with Crippen molar-refractivity contribution in [3.8, 4) is 11.4 Å². The highest BCUT2D eigenvalue weighted by Crippen LogP contribution is 2.39. The quantitative estimate of drug-likeness (QED) is 0.248. The van der Waals surface area contributed by atoms with Crippen LogP contribution in [0.3, 0.4) is 0 Å². The number of benzene rings is 5. The molecule has 3 heterocycles. The van der Waals surface area contributed by atoms with Crippen molar-refractivity contribution in [3.63, 3.8) is 0 Å². The fourth-order valence-corrected chi connectivity index (χ4v) is 6.45. The second-order valence-electron chi connectivity index (χ2n) is 10.3. The highest BCUT2D eigenvalue weighted by Gasteiger charge is 2.36. The lowest BCUT2D eigenvalue weighted by molar-refractivity contribution is 0.580. The van der Waals surface area contributed by atoms with Crippen LogP contribution in [0.5, 0.6) is 5.75 Å². The van der Waals surface area contributed by atoms with Gasteiger partial charge in [-0.15, -0.1) is 0 Å². The largest absolute Gasteiger partial charge is 0.551 e. The molecule has 3 nitrogen and oxygen atoms in total. The predicted molar refractivity (Wildman–Crippen MR) is 154 cm³/mol. The lowest BCUT2D eigenvalue weighted by Gasteiger charge is -2.27. The normalized spacial score (nSPS) is 12.7. The van der Waals surface area contributed by atoms with E-state index in [2.05, 4.69) is 104 Å². The molecule has 0 radical (unpaired) electrons. The zero-order valence-corrected chi connectivity index (χ0v) is 21.0. The summed E-state index contributed by atoms with van der Waals surface area (Å²) in [6.45, 7) is 6.22. The smallest absolute Gasteiger partial charge is 0.430 e. The molecule has 1 aliphatic heterocycles. The third-order valence-electron chi connectivity index (χ3n) is 7.90. The van der Waals surface area contributed by atoms with Crippen LogP contribution < -0.4 is 15.6 Å². The highest BCUT2D eigenvalue weighted by atomic mass is 16.4. The van der Waals surface area contributed by atoms with Crippen LogP contribution >= 0.6 is 0 Å². The van der Waals surface area contributed by atoms with Crippen molar-refractivity contribution in [2.24, 2.45) is 0 Å². The SMILES string of the molecule is Cc1cc(C)c(OB2c3ccccc3-n3c4cc5c(cc4c4cccc2c43)oc2ccccc25)c(C)c1. The van der Waals surface area contributed by atoms with Crippen LogP contribution in [0.1, 0.15) is 16.7 Å². The summed E-state index contributed by atoms with van der Waals surface area (Å²) >= 11 is 0. The molecule has 2 aromatic heterocycles. The number of aryl methyl sites for hydroxylation is 3. The van der Waals surface area contributed by atoms with Crippen molar-refractivity contribution in [2.45, 2.75) is 20.8 Å². The van der Waals surface area contributed by atoms with Crippen LogP contribution in [0.25, 0.3) is 49.4 Å². The predicted octanol–water partition coefficient (Wildman–Crippen LogP) is 7.11. The summed E-state index contributed by atoms with van der Waals surface area (Å²) in [5.74, 6) is 0.968. The van der Waals surface area contributed by atoms with Gasteiger partial charge in [0.2, 0.25) is 0 Å². The van der Waals surface area contributed by atoms with E-state index >= 15 is 0 Å². The van der Waals surface area contributed by atoms with Gasteiger partial charge in [-0.2, -0.15) is 0 Å². The minimum atomic E-state index is -0.194. The molecule has 4 heteroatoms. The van der Waals surface area contributed by atoms with Gasteiger partial charge in [0, 0.05) is 27.2 Å². The average molecular weight is 477 g/mol. The third-order valence-corrected chi connectivity index (χ3v) is 7.90. The summed E-state index contributed by atoms with van der Waals surface area (Å²) < 4.78 is 15.6. The molecule has 0 N–H and O–H groups in total. The first-order chi connectivity index (χ1) is 18.1. The van der Waals surface area contributed by atoms with E-state index in [9.17, 15) is 0 Å². The first-order valence-corrected chi connectivity index (χ1v) is 12.8. The standard InChI is InChI=1S/C33H24BNO2/c1-19-15-20(2)33(21(3)16-19)37-34-26-11-5-6-13-28(26)35-29-17-25-22-9-4-7-14-30(22)36-31(25)18-24(29)23-10-8-12-27(34)32(23)35/h4-18H,1-3H3. The first-order valence-electron chi connectivity index (χ1n) is 12.8. The molecule has 0 amide bonds. The molecule has 176 valence electrons. The van der Waals surface area contributed by atoms with Crippen molar-refractivity contribution < 1.29 is 9.07 Å². The van der Waals surface area contributed by atoms with Gasteiger partial charge in [0.15, 0.2) is 0 Å². The number of hydrogen-bond acceptors (Lipinski definition) is 2. The summed E-state index contributed by atoms with van der Waals surface area (Å²) in [7, 11) is 0. The molecular formula is C33H24BNO2. The molecule has 0 bridgehead atoms. The lowest BCUT2D eigenvalue weighted by atomic mass is 9.53. The molecule has 0 aliphatic carbocycles. The number of aromatic nitrogens is 1. The Bertz CT molecular complexity index is 2040. The molecule has 37 heavy (non-hydrogen) atoms. The van der Waals surface area contributed by atoms with Crippen LogP contribution in [0, 0.1) is 20.8 Å². The third kappa shape index (κ3) is 2.78. The summed E-state index contributed by atoms with van der Waals surface area (Å²) in [5.41, 5.74) is 11.4. The van der Waals surface area contributed by atoms with Crippen molar-refractivity contribution in [2.75, 3.05) is 0 Å². The molecule has 8 rings (SSSR count). The van der Waals surface area contributed by atoms with Gasteiger partial charge in [-0.1, -0.05) is 72.3 Å². The van der Waals surface area contributed by atoms with Crippen LogP contribution in [0.15, 0.2) is 95.4 Å². The number of nitrogens with zero attached hydrogens (tertiary/aromatic N) is 1. The zero-order valence-electron chi connectivity index (χ0n) is 21.0. The second kappa shape index (κ2) is 7.30. The highest BCUT2D eigenvalue weighted by molar-refractivity contribution is 6.84. The average Bonchev–Trinajstić information content (AvgIpc) is 3.42. The molecule has 1 aliphatic rings. The van der Waals surface area contributed by atoms with Gasteiger partial charge in [-0.25, -0.2) is 0 Å². The fourth-order valence-electron chi connectivity index (χ4n) is 6.45. The molecule has 0 fully saturated rings. The molecule has 0 saturated carbocycles. The Morgan fingerprint density at radius 3 is 2.24 bits per heavy atom. The monoisotopic (exact) mass is 477 g/mol. The van der Waals surface area contributed by atoms with Crippen LogP contribution in [0.4, 0.5) is 0 Å². The zero-order chi connectivity index (χ0) is 24.8. The van der Waals surface area contributed by atoms with Crippen molar-refractivity contribution in [1.29, 1.82) is 0 Å². The van der Waals surface area contributed by atoms with Gasteiger partial charge in [0.05, 0.1) is 11.0 Å². The molecule has 0 spiro atoms. The van der Waals surface area contributed by atoms with Gasteiger partial charge < -0.3 is 13.6 Å². The van der Waals surface area contributed by atoms with E-state index in [1.54, 1.807) is 0 Å². The Kier molecular flexibility index (Phi) is 4.09. The number of furan rings is 1. The maximum atomic E-state index is 6.93. The summed E-state index contributed by atoms with van der Waals surface area (Å²) in [6, 6.07) is 32.5. The van der Waals surface area contributed by atoms with Crippen LogP contribution in [-0.2, 0) is 0 Å². The molecular weight excluding hydrogens is 453 g/mol. The Labute approximate surface area is 215 Å². The van der Waals surface area contributed by atoms with E-state index in [0.717, 1.165) is 27.7 Å². The van der Waals surface area contributed by atoms with E-state index in [1.165, 1.54) is 55.1 Å². The van der Waals surface area contributed by atoms with Crippen molar-refractivity contribution in [1.82, 2.24) is 4.57 Å². The molecule has 0 atom stereocenters. The topological polar surface area (TPSA) is 27.3 Å². The van der Waals surface area contributed by atoms with Crippen LogP contribution in [-0.4, -0.2) is 11.5 Å². The van der Waals surface area contributed by atoms with Crippen molar-refractivity contribution >= 4 is 61.6 Å². The van der Waals surface area contributed by atoms with Crippen LogP contribution in [0.2, 0.25) is 0 Å². The van der Waals surface area contributed by atoms with Crippen molar-refractivity contribution in [3.05, 3.63) is 108 Å². The number of rotatable bonds is 2. The first kappa shape index (κ1) is 20.7. The molecule has 0 unspecified atom stereocenters. The summed E-state index contributed by atoms with van der Waals surface area (Å²) in [6.07, 6.45) is 0. The summed E-state index contributed by atoms with van der Waals surface area (Å²) in [5, 5.41) is 4.70. The van der Waals surface area contributed by atoms with E-state index in [0.29, 0.717) is 0 Å². The van der Waals surface area contributed by atoms with E-state index < -0.39 is 0 Å². The Morgan fingerprint density at radius 2 is 1.38 bits per heavy atom. The minimum absolute atomic E-state index is 0.194. The Morgan fingerprint density at radius 1 is 0.649 bits per heavy atom. The maximum absolute atomic E-state index is 6.93. The maximum Gasteiger partial charge on any atom is 0.430 e. The van der Waals surface area contributed by atoms with Gasteiger partial charge in [-0.05, 0) is 67.1 Å². The van der Waals surface area contributed by atoms with E-state index in [1.807, 2.05) is 12.1 Å². The molecule has 7 aromatic rings. The number of fused-ring (bicyclic) bond motifs is 8. The number of para-hydroxylation sites is 3. The summed E-state index contributed by atoms with van der Waals surface area (Å²) in [4.78, 5) is 0. The van der Waals surface area contributed by atoms with Gasteiger partial charge >= 0.3 is 6.92 Å². The van der Waals surface area contributed by atoms with Gasteiger partial charge in [0.25, 0.3) is 0 Å². The minimum Gasteiger partial charge on any atom is -0.551 e. The number of hydrogen-bond donors (Lipinski definition) is 0. The Balaban J connectivity index is 1.46. The Hall–Kier alpha value is -4.44. The van der Waals surface area contributed by atoms with E-state index in [4.69, 9.17) is 9.07 Å². The fraction of sp³-hybridized carbons (Fsp3) is 0.0909.